The van der Waals surface area contributed by atoms with E-state index in [0.717, 1.165) is 12.8 Å². The van der Waals surface area contributed by atoms with Gasteiger partial charge in [-0.3, -0.25) is 4.79 Å². The van der Waals surface area contributed by atoms with Gasteiger partial charge < -0.3 is 10.4 Å². The lowest BCUT2D eigenvalue weighted by atomic mass is 9.83. The minimum atomic E-state index is -0.364. The van der Waals surface area contributed by atoms with Gasteiger partial charge in [-0.1, -0.05) is 32.0 Å². The molecule has 0 saturated heterocycles. The highest BCUT2D eigenvalue weighted by atomic mass is 19.1. The first-order valence-electron chi connectivity index (χ1n) is 6.68. The number of benzene rings is 1. The summed E-state index contributed by atoms with van der Waals surface area (Å²) in [5, 5.41) is 12.2. The van der Waals surface area contributed by atoms with Crippen LogP contribution in [0.4, 0.5) is 4.39 Å². The zero-order chi connectivity index (χ0) is 14.3. The molecule has 0 heterocycles. The van der Waals surface area contributed by atoms with Crippen LogP contribution in [-0.4, -0.2) is 24.2 Å². The quantitative estimate of drug-likeness (QED) is 0.796. The highest BCUT2D eigenvalue weighted by Crippen LogP contribution is 2.24. The first-order valence-corrected chi connectivity index (χ1v) is 6.68. The van der Waals surface area contributed by atoms with E-state index in [4.69, 9.17) is 0 Å². The summed E-state index contributed by atoms with van der Waals surface area (Å²) >= 11 is 0. The Bertz CT molecular complexity index is 408. The Kier molecular flexibility index (Phi) is 5.96. The van der Waals surface area contributed by atoms with Crippen LogP contribution in [0.2, 0.25) is 0 Å². The predicted molar refractivity (Wildman–Crippen MR) is 73.2 cm³/mol. The molecule has 0 fully saturated rings. The molecule has 0 saturated carbocycles. The van der Waals surface area contributed by atoms with Crippen LogP contribution in [0.1, 0.15) is 32.3 Å². The van der Waals surface area contributed by atoms with Gasteiger partial charge in [0.05, 0.1) is 13.0 Å². The third kappa shape index (κ3) is 4.31. The van der Waals surface area contributed by atoms with Crippen LogP contribution in [0, 0.1) is 11.2 Å². The topological polar surface area (TPSA) is 49.3 Å². The number of aliphatic hydroxyl groups excluding tert-OH is 1. The Morgan fingerprint density at radius 2 is 1.95 bits per heavy atom. The lowest BCUT2D eigenvalue weighted by molar-refractivity contribution is -0.121. The summed E-state index contributed by atoms with van der Waals surface area (Å²) in [6, 6.07) is 6.26. The molecule has 0 radical (unpaired) electrons. The molecule has 0 aliphatic heterocycles. The maximum atomic E-state index is 13.4. The van der Waals surface area contributed by atoms with Crippen LogP contribution < -0.4 is 5.32 Å². The number of nitrogens with one attached hydrogen (secondary N) is 1. The normalized spacial score (nSPS) is 11.4. The Balaban J connectivity index is 2.55. The Hall–Kier alpha value is -1.42. The monoisotopic (exact) mass is 267 g/mol. The fourth-order valence-electron chi connectivity index (χ4n) is 1.94. The van der Waals surface area contributed by atoms with Gasteiger partial charge in [0.15, 0.2) is 0 Å². The Morgan fingerprint density at radius 1 is 1.32 bits per heavy atom. The van der Waals surface area contributed by atoms with E-state index in [1.807, 2.05) is 13.8 Å². The second-order valence-corrected chi connectivity index (χ2v) is 4.91. The molecule has 0 aliphatic rings. The van der Waals surface area contributed by atoms with Crippen molar-refractivity contribution >= 4 is 5.91 Å². The van der Waals surface area contributed by atoms with Gasteiger partial charge in [-0.15, -0.1) is 0 Å². The third-order valence-electron chi connectivity index (χ3n) is 3.80. The van der Waals surface area contributed by atoms with Gasteiger partial charge >= 0.3 is 0 Å². The van der Waals surface area contributed by atoms with Crippen LogP contribution in [0.25, 0.3) is 0 Å². The van der Waals surface area contributed by atoms with Gasteiger partial charge in [0.25, 0.3) is 0 Å². The lowest BCUT2D eigenvalue weighted by Crippen LogP contribution is -2.40. The summed E-state index contributed by atoms with van der Waals surface area (Å²) < 4.78 is 13.4. The average molecular weight is 267 g/mol. The molecule has 1 aromatic rings. The summed E-state index contributed by atoms with van der Waals surface area (Å²) in [6.45, 7) is 4.44. The van der Waals surface area contributed by atoms with Gasteiger partial charge in [-0.25, -0.2) is 4.39 Å². The molecule has 0 atom stereocenters. The molecule has 1 amide bonds. The molecule has 19 heavy (non-hydrogen) atoms. The smallest absolute Gasteiger partial charge is 0.224 e. The van der Waals surface area contributed by atoms with E-state index in [1.54, 1.807) is 18.2 Å². The van der Waals surface area contributed by atoms with Crippen molar-refractivity contribution < 1.29 is 14.3 Å². The maximum absolute atomic E-state index is 13.4. The average Bonchev–Trinajstić information content (AvgIpc) is 2.44. The van der Waals surface area contributed by atoms with Crippen molar-refractivity contribution in [3.8, 4) is 0 Å². The summed E-state index contributed by atoms with van der Waals surface area (Å²) in [4.78, 5) is 11.8. The molecule has 0 aliphatic carbocycles. The van der Waals surface area contributed by atoms with Gasteiger partial charge in [0.2, 0.25) is 5.91 Å². The molecule has 1 aromatic carbocycles. The van der Waals surface area contributed by atoms with Crippen LogP contribution in [-0.2, 0) is 11.2 Å². The van der Waals surface area contributed by atoms with Crippen molar-refractivity contribution in [2.75, 3.05) is 13.2 Å². The van der Waals surface area contributed by atoms with Gasteiger partial charge in [-0.2, -0.15) is 0 Å². The molecular formula is C15H22FNO2. The van der Waals surface area contributed by atoms with Crippen molar-refractivity contribution in [1.82, 2.24) is 5.32 Å². The molecule has 2 N–H and O–H groups in total. The Morgan fingerprint density at radius 3 is 2.47 bits per heavy atom. The summed E-state index contributed by atoms with van der Waals surface area (Å²) in [5.41, 5.74) is 0.118. The van der Waals surface area contributed by atoms with E-state index in [-0.39, 0.29) is 30.2 Å². The number of amides is 1. The second-order valence-electron chi connectivity index (χ2n) is 4.91. The maximum Gasteiger partial charge on any atom is 0.224 e. The number of carbonyl (C=O) groups excluding carboxylic acids is 1. The molecule has 3 nitrogen and oxygen atoms in total. The minimum Gasteiger partial charge on any atom is -0.396 e. The van der Waals surface area contributed by atoms with Gasteiger partial charge in [0.1, 0.15) is 5.82 Å². The largest absolute Gasteiger partial charge is 0.396 e. The SMILES string of the molecule is CCC(CC)(CO)CNC(=O)Cc1ccccc1F. The van der Waals surface area contributed by atoms with E-state index in [0.29, 0.717) is 12.1 Å². The van der Waals surface area contributed by atoms with Gasteiger partial charge in [0, 0.05) is 12.0 Å². The fourth-order valence-corrected chi connectivity index (χ4v) is 1.94. The first-order chi connectivity index (χ1) is 9.06. The molecule has 0 bridgehead atoms. The van der Waals surface area contributed by atoms with E-state index < -0.39 is 0 Å². The van der Waals surface area contributed by atoms with Crippen molar-refractivity contribution in [2.45, 2.75) is 33.1 Å². The third-order valence-corrected chi connectivity index (χ3v) is 3.80. The lowest BCUT2D eigenvalue weighted by Gasteiger charge is -2.29. The molecule has 106 valence electrons. The highest BCUT2D eigenvalue weighted by molar-refractivity contribution is 5.78. The van der Waals surface area contributed by atoms with Crippen molar-refractivity contribution in [3.63, 3.8) is 0 Å². The number of hydrogen-bond acceptors (Lipinski definition) is 2. The van der Waals surface area contributed by atoms with E-state index >= 15 is 0 Å². The summed E-state index contributed by atoms with van der Waals surface area (Å²) in [7, 11) is 0. The molecule has 4 heteroatoms. The van der Waals surface area contributed by atoms with Crippen molar-refractivity contribution in [2.24, 2.45) is 5.41 Å². The molecule has 1 rings (SSSR count). The predicted octanol–water partition coefficient (Wildman–Crippen LogP) is 2.28. The zero-order valence-electron chi connectivity index (χ0n) is 11.6. The van der Waals surface area contributed by atoms with Crippen molar-refractivity contribution in [3.05, 3.63) is 35.6 Å². The van der Waals surface area contributed by atoms with E-state index in [1.165, 1.54) is 6.07 Å². The molecular weight excluding hydrogens is 245 g/mol. The number of aliphatic hydroxyl groups is 1. The second kappa shape index (κ2) is 7.24. The Labute approximate surface area is 113 Å². The highest BCUT2D eigenvalue weighted by Gasteiger charge is 2.25. The van der Waals surface area contributed by atoms with Gasteiger partial charge in [-0.05, 0) is 24.5 Å². The molecule has 0 unspecified atom stereocenters. The standard InChI is InChI=1S/C15H22FNO2/c1-3-15(4-2,11-18)10-17-14(19)9-12-7-5-6-8-13(12)16/h5-8,18H,3-4,9-11H2,1-2H3,(H,17,19). The van der Waals surface area contributed by atoms with E-state index in [2.05, 4.69) is 5.32 Å². The number of hydrogen-bond donors (Lipinski definition) is 2. The summed E-state index contributed by atoms with van der Waals surface area (Å²) in [6.07, 6.45) is 1.61. The number of rotatable bonds is 7. The number of carbonyl (C=O) groups is 1. The zero-order valence-corrected chi connectivity index (χ0v) is 11.6. The first kappa shape index (κ1) is 15.6. The molecule has 0 aromatic heterocycles. The van der Waals surface area contributed by atoms with Crippen LogP contribution in [0.5, 0.6) is 0 Å². The molecule has 0 spiro atoms. The van der Waals surface area contributed by atoms with Crippen LogP contribution in [0.15, 0.2) is 24.3 Å². The minimum absolute atomic E-state index is 0.0294. The number of halogens is 1. The van der Waals surface area contributed by atoms with Crippen LogP contribution in [0.3, 0.4) is 0 Å². The fraction of sp³-hybridized carbons (Fsp3) is 0.533. The van der Waals surface area contributed by atoms with Crippen molar-refractivity contribution in [1.29, 1.82) is 0 Å². The van der Waals surface area contributed by atoms with Crippen LogP contribution >= 0.6 is 0 Å². The summed E-state index contributed by atoms with van der Waals surface area (Å²) in [5.74, 6) is -0.582. The van der Waals surface area contributed by atoms with E-state index in [9.17, 15) is 14.3 Å².